The Morgan fingerprint density at radius 2 is 2.13 bits per heavy atom. The molecular weight excluding hydrogens is 188 g/mol. The van der Waals surface area contributed by atoms with Gasteiger partial charge in [0.1, 0.15) is 5.82 Å². The molecule has 2 fully saturated rings. The lowest BCUT2D eigenvalue weighted by Gasteiger charge is -2.01. The van der Waals surface area contributed by atoms with Crippen molar-refractivity contribution in [2.75, 3.05) is 6.54 Å². The molecule has 0 saturated heterocycles. The van der Waals surface area contributed by atoms with Crippen LogP contribution in [0.5, 0.6) is 0 Å². The minimum absolute atomic E-state index is 0.661. The zero-order valence-corrected chi connectivity index (χ0v) is 9.24. The van der Waals surface area contributed by atoms with Crippen LogP contribution in [0.1, 0.15) is 43.3 Å². The quantitative estimate of drug-likeness (QED) is 0.787. The van der Waals surface area contributed by atoms with Gasteiger partial charge in [0.05, 0.1) is 6.54 Å². The standard InChI is InChI=1S/C11H18N4/c1-15-10(7-12-6-8-2-3-8)13-11(14-15)9-4-5-9/h8-9,12H,2-7H2,1H3. The Morgan fingerprint density at radius 1 is 1.33 bits per heavy atom. The van der Waals surface area contributed by atoms with Crippen LogP contribution in [0.4, 0.5) is 0 Å². The topological polar surface area (TPSA) is 42.7 Å². The molecule has 4 nitrogen and oxygen atoms in total. The fraction of sp³-hybridized carbons (Fsp3) is 0.818. The van der Waals surface area contributed by atoms with E-state index in [2.05, 4.69) is 15.4 Å². The molecule has 0 unspecified atom stereocenters. The molecule has 0 bridgehead atoms. The molecule has 2 aliphatic carbocycles. The smallest absolute Gasteiger partial charge is 0.154 e. The number of rotatable bonds is 5. The number of aromatic nitrogens is 3. The molecule has 0 spiro atoms. The first kappa shape index (κ1) is 9.33. The molecule has 82 valence electrons. The molecule has 4 heteroatoms. The molecule has 1 N–H and O–H groups in total. The van der Waals surface area contributed by atoms with Crippen molar-refractivity contribution in [1.82, 2.24) is 20.1 Å². The summed E-state index contributed by atoms with van der Waals surface area (Å²) in [4.78, 5) is 4.58. The van der Waals surface area contributed by atoms with Crippen molar-refractivity contribution in [3.63, 3.8) is 0 Å². The highest BCUT2D eigenvalue weighted by molar-refractivity contribution is 5.05. The SMILES string of the molecule is Cn1nc(C2CC2)nc1CNCC1CC1. The molecule has 0 atom stereocenters. The monoisotopic (exact) mass is 206 g/mol. The molecule has 1 aromatic heterocycles. The highest BCUT2D eigenvalue weighted by atomic mass is 15.3. The minimum Gasteiger partial charge on any atom is -0.310 e. The van der Waals surface area contributed by atoms with Crippen LogP contribution in [0.2, 0.25) is 0 Å². The molecule has 1 heterocycles. The fourth-order valence-electron chi connectivity index (χ4n) is 1.82. The summed E-state index contributed by atoms with van der Waals surface area (Å²) in [6, 6.07) is 0. The number of hydrogen-bond acceptors (Lipinski definition) is 3. The maximum absolute atomic E-state index is 4.58. The van der Waals surface area contributed by atoms with Crippen molar-refractivity contribution in [2.24, 2.45) is 13.0 Å². The van der Waals surface area contributed by atoms with Crippen molar-refractivity contribution in [1.29, 1.82) is 0 Å². The Morgan fingerprint density at radius 3 is 2.80 bits per heavy atom. The fourth-order valence-corrected chi connectivity index (χ4v) is 1.82. The summed E-state index contributed by atoms with van der Waals surface area (Å²) in [5.41, 5.74) is 0. The molecular formula is C11H18N4. The average Bonchev–Trinajstić information content (AvgIpc) is 3.10. The van der Waals surface area contributed by atoms with Gasteiger partial charge in [0, 0.05) is 13.0 Å². The Balaban J connectivity index is 1.57. The average molecular weight is 206 g/mol. The minimum atomic E-state index is 0.661. The van der Waals surface area contributed by atoms with Gasteiger partial charge in [-0.2, -0.15) is 5.10 Å². The first-order valence-electron chi connectivity index (χ1n) is 5.93. The number of hydrogen-bond donors (Lipinski definition) is 1. The largest absolute Gasteiger partial charge is 0.310 e. The van der Waals surface area contributed by atoms with Gasteiger partial charge in [-0.25, -0.2) is 4.98 Å². The molecule has 15 heavy (non-hydrogen) atoms. The molecule has 1 aromatic rings. The first-order chi connectivity index (χ1) is 7.33. The zero-order chi connectivity index (χ0) is 10.3. The summed E-state index contributed by atoms with van der Waals surface area (Å²) < 4.78 is 1.92. The molecule has 2 saturated carbocycles. The van der Waals surface area contributed by atoms with E-state index in [1.807, 2.05) is 11.7 Å². The van der Waals surface area contributed by atoms with Gasteiger partial charge in [-0.3, -0.25) is 4.68 Å². The normalized spacial score (nSPS) is 20.9. The summed E-state index contributed by atoms with van der Waals surface area (Å²) in [5, 5.41) is 7.91. The van der Waals surface area contributed by atoms with Crippen LogP contribution in [0, 0.1) is 5.92 Å². The Labute approximate surface area is 90.1 Å². The first-order valence-corrected chi connectivity index (χ1v) is 5.93. The van der Waals surface area contributed by atoms with Gasteiger partial charge in [-0.15, -0.1) is 0 Å². The van der Waals surface area contributed by atoms with E-state index in [-0.39, 0.29) is 0 Å². The second-order valence-corrected chi connectivity index (χ2v) is 4.86. The van der Waals surface area contributed by atoms with E-state index in [9.17, 15) is 0 Å². The third-order valence-electron chi connectivity index (χ3n) is 3.23. The van der Waals surface area contributed by atoms with E-state index in [0.29, 0.717) is 5.92 Å². The van der Waals surface area contributed by atoms with Crippen molar-refractivity contribution in [3.8, 4) is 0 Å². The molecule has 0 radical (unpaired) electrons. The van der Waals surface area contributed by atoms with Crippen LogP contribution < -0.4 is 5.32 Å². The van der Waals surface area contributed by atoms with Gasteiger partial charge in [-0.1, -0.05) is 0 Å². The predicted molar refractivity (Wildman–Crippen MR) is 57.4 cm³/mol. The summed E-state index contributed by atoms with van der Waals surface area (Å²) in [6.45, 7) is 2.01. The summed E-state index contributed by atoms with van der Waals surface area (Å²) in [7, 11) is 1.99. The van der Waals surface area contributed by atoms with Gasteiger partial charge >= 0.3 is 0 Å². The second kappa shape index (κ2) is 3.59. The third kappa shape index (κ3) is 2.20. The second-order valence-electron chi connectivity index (χ2n) is 4.86. The summed E-state index contributed by atoms with van der Waals surface area (Å²) >= 11 is 0. The van der Waals surface area contributed by atoms with Gasteiger partial charge in [0.15, 0.2) is 5.82 Å². The van der Waals surface area contributed by atoms with E-state index >= 15 is 0 Å². The van der Waals surface area contributed by atoms with Crippen LogP contribution in [0.15, 0.2) is 0 Å². The van der Waals surface area contributed by atoms with Crippen molar-refractivity contribution in [2.45, 2.75) is 38.1 Å². The van der Waals surface area contributed by atoms with Crippen LogP contribution in [0.25, 0.3) is 0 Å². The third-order valence-corrected chi connectivity index (χ3v) is 3.23. The molecule has 0 amide bonds. The Bertz CT molecular complexity index is 349. The van der Waals surface area contributed by atoms with E-state index in [1.54, 1.807) is 0 Å². The molecule has 0 aromatic carbocycles. The lowest BCUT2D eigenvalue weighted by atomic mass is 10.4. The molecule has 0 aliphatic heterocycles. The van der Waals surface area contributed by atoms with Crippen molar-refractivity contribution < 1.29 is 0 Å². The summed E-state index contributed by atoms with van der Waals surface area (Å²) in [6.07, 6.45) is 5.36. The van der Waals surface area contributed by atoms with Gasteiger partial charge < -0.3 is 5.32 Å². The van der Waals surface area contributed by atoms with Crippen LogP contribution >= 0.6 is 0 Å². The lowest BCUT2D eigenvalue weighted by Crippen LogP contribution is -2.18. The van der Waals surface area contributed by atoms with Crippen LogP contribution in [0.3, 0.4) is 0 Å². The van der Waals surface area contributed by atoms with Gasteiger partial charge in [0.25, 0.3) is 0 Å². The number of nitrogens with zero attached hydrogens (tertiary/aromatic N) is 3. The highest BCUT2D eigenvalue weighted by Gasteiger charge is 2.28. The van der Waals surface area contributed by atoms with E-state index in [1.165, 1.54) is 25.7 Å². The Kier molecular flexibility index (Phi) is 2.24. The Hall–Kier alpha value is -0.900. The van der Waals surface area contributed by atoms with E-state index in [4.69, 9.17) is 0 Å². The predicted octanol–water partition coefficient (Wildman–Crippen LogP) is 1.19. The maximum Gasteiger partial charge on any atom is 0.154 e. The molecule has 3 rings (SSSR count). The number of aryl methyl sites for hydroxylation is 1. The van der Waals surface area contributed by atoms with Crippen LogP contribution in [-0.4, -0.2) is 21.3 Å². The van der Waals surface area contributed by atoms with Crippen LogP contribution in [-0.2, 0) is 13.6 Å². The summed E-state index contributed by atoms with van der Waals surface area (Å²) in [5.74, 6) is 3.73. The van der Waals surface area contributed by atoms with Crippen molar-refractivity contribution in [3.05, 3.63) is 11.6 Å². The van der Waals surface area contributed by atoms with E-state index in [0.717, 1.165) is 30.7 Å². The zero-order valence-electron chi connectivity index (χ0n) is 9.24. The lowest BCUT2D eigenvalue weighted by molar-refractivity contribution is 0.589. The highest BCUT2D eigenvalue weighted by Crippen LogP contribution is 2.37. The molecule has 2 aliphatic rings. The van der Waals surface area contributed by atoms with Gasteiger partial charge in [0.2, 0.25) is 0 Å². The van der Waals surface area contributed by atoms with Crippen molar-refractivity contribution >= 4 is 0 Å². The van der Waals surface area contributed by atoms with Gasteiger partial charge in [-0.05, 0) is 38.1 Å². The maximum atomic E-state index is 4.58. The van der Waals surface area contributed by atoms with E-state index < -0.39 is 0 Å². The number of nitrogens with one attached hydrogen (secondary N) is 1.